The molecule has 0 aliphatic carbocycles. The number of rotatable bonds is 6. The van der Waals surface area contributed by atoms with Gasteiger partial charge in [-0.1, -0.05) is 19.9 Å². The lowest BCUT2D eigenvalue weighted by molar-refractivity contribution is -0.123. The number of hydrogen-bond acceptors (Lipinski definition) is 3. The molecule has 0 bridgehead atoms. The Morgan fingerprint density at radius 3 is 2.45 bits per heavy atom. The van der Waals surface area contributed by atoms with Crippen LogP contribution in [0.4, 0.5) is 0 Å². The molecule has 0 radical (unpaired) electrons. The molecule has 5 heteroatoms. The number of nitrogens with one attached hydrogen (secondary N) is 2. The average molecular weight is 294 g/mol. The minimum atomic E-state index is -0.0998. The molecule has 0 aromatic heterocycles. The zero-order chi connectivity index (χ0) is 15.1. The third-order valence-corrected chi connectivity index (χ3v) is 3.65. The summed E-state index contributed by atoms with van der Waals surface area (Å²) >= 11 is 1.61. The second kappa shape index (κ2) is 7.94. The molecule has 1 aromatic rings. The van der Waals surface area contributed by atoms with Gasteiger partial charge in [-0.25, -0.2) is 0 Å². The monoisotopic (exact) mass is 294 g/mol. The maximum atomic E-state index is 12.1. The van der Waals surface area contributed by atoms with Crippen molar-refractivity contribution in [3.8, 4) is 0 Å². The number of hydrogen-bond donors (Lipinski definition) is 2. The van der Waals surface area contributed by atoms with Crippen molar-refractivity contribution in [2.45, 2.75) is 25.7 Å². The van der Waals surface area contributed by atoms with E-state index in [4.69, 9.17) is 0 Å². The molecule has 0 fully saturated rings. The lowest BCUT2D eigenvalue weighted by atomic mass is 10.1. The first-order valence-corrected chi connectivity index (χ1v) is 7.88. The molecule has 0 unspecified atom stereocenters. The van der Waals surface area contributed by atoms with E-state index >= 15 is 0 Å². The number of amides is 2. The van der Waals surface area contributed by atoms with Gasteiger partial charge in [0.15, 0.2) is 0 Å². The van der Waals surface area contributed by atoms with Crippen molar-refractivity contribution in [1.82, 2.24) is 10.6 Å². The largest absolute Gasteiger partial charge is 0.354 e. The Morgan fingerprint density at radius 2 is 1.85 bits per heavy atom. The molecule has 1 rings (SSSR count). The van der Waals surface area contributed by atoms with Crippen LogP contribution in [-0.2, 0) is 4.79 Å². The van der Waals surface area contributed by atoms with E-state index in [1.165, 1.54) is 0 Å². The van der Waals surface area contributed by atoms with E-state index in [-0.39, 0.29) is 17.7 Å². The third-order valence-electron chi connectivity index (χ3n) is 2.92. The average Bonchev–Trinajstić information content (AvgIpc) is 2.43. The summed E-state index contributed by atoms with van der Waals surface area (Å²) in [6.45, 7) is 6.47. The second-order valence-corrected chi connectivity index (χ2v) is 5.76. The fourth-order valence-corrected chi connectivity index (χ4v) is 2.07. The van der Waals surface area contributed by atoms with Crippen molar-refractivity contribution < 1.29 is 9.59 Å². The molecule has 0 heterocycles. The fourth-order valence-electron chi connectivity index (χ4n) is 1.63. The van der Waals surface area contributed by atoms with Gasteiger partial charge in [-0.2, -0.15) is 0 Å². The quantitative estimate of drug-likeness (QED) is 0.625. The zero-order valence-electron chi connectivity index (χ0n) is 12.4. The number of carbonyl (C=O) groups excluding carboxylic acids is 2. The van der Waals surface area contributed by atoms with Crippen molar-refractivity contribution in [3.05, 3.63) is 29.3 Å². The van der Waals surface area contributed by atoms with Crippen molar-refractivity contribution in [2.24, 2.45) is 5.92 Å². The van der Waals surface area contributed by atoms with Crippen LogP contribution in [0, 0.1) is 12.8 Å². The van der Waals surface area contributed by atoms with Gasteiger partial charge in [0.1, 0.15) is 0 Å². The Bertz CT molecular complexity index is 487. The Labute approximate surface area is 124 Å². The number of thioether (sulfide) groups is 1. The summed E-state index contributed by atoms with van der Waals surface area (Å²) in [5, 5.41) is 5.59. The minimum Gasteiger partial charge on any atom is -0.354 e. The van der Waals surface area contributed by atoms with Gasteiger partial charge in [-0.05, 0) is 30.9 Å². The first kappa shape index (κ1) is 16.6. The summed E-state index contributed by atoms with van der Waals surface area (Å²) in [5.41, 5.74) is 1.64. The van der Waals surface area contributed by atoms with Crippen LogP contribution < -0.4 is 10.6 Å². The molecule has 20 heavy (non-hydrogen) atoms. The Kier molecular flexibility index (Phi) is 6.58. The maximum absolute atomic E-state index is 12.1. The predicted octanol–water partition coefficient (Wildman–Crippen LogP) is 2.22. The van der Waals surface area contributed by atoms with Crippen LogP contribution in [0.2, 0.25) is 0 Å². The highest BCUT2D eigenvalue weighted by molar-refractivity contribution is 7.98. The van der Waals surface area contributed by atoms with Crippen molar-refractivity contribution in [1.29, 1.82) is 0 Å². The van der Waals surface area contributed by atoms with Crippen molar-refractivity contribution in [3.63, 3.8) is 0 Å². The van der Waals surface area contributed by atoms with Crippen LogP contribution >= 0.6 is 11.8 Å². The van der Waals surface area contributed by atoms with Gasteiger partial charge < -0.3 is 10.6 Å². The van der Waals surface area contributed by atoms with Gasteiger partial charge in [0.2, 0.25) is 5.91 Å². The van der Waals surface area contributed by atoms with E-state index in [9.17, 15) is 9.59 Å². The predicted molar refractivity (Wildman–Crippen MR) is 83.1 cm³/mol. The first-order valence-electron chi connectivity index (χ1n) is 6.66. The number of carbonyl (C=O) groups is 2. The van der Waals surface area contributed by atoms with Crippen molar-refractivity contribution >= 4 is 23.6 Å². The molecule has 1 aromatic carbocycles. The first-order chi connectivity index (χ1) is 9.45. The Balaban J connectivity index is 2.49. The van der Waals surface area contributed by atoms with Crippen LogP contribution in [0.5, 0.6) is 0 Å². The van der Waals surface area contributed by atoms with E-state index in [0.717, 1.165) is 10.5 Å². The van der Waals surface area contributed by atoms with E-state index in [0.29, 0.717) is 18.7 Å². The van der Waals surface area contributed by atoms with Gasteiger partial charge in [0.05, 0.1) is 0 Å². The van der Waals surface area contributed by atoms with E-state index < -0.39 is 0 Å². The topological polar surface area (TPSA) is 58.2 Å². The van der Waals surface area contributed by atoms with E-state index in [2.05, 4.69) is 10.6 Å². The normalized spacial score (nSPS) is 10.4. The standard InChI is InChI=1S/C15H22N2O2S/c1-10(2)14(18)16-7-8-17-15(19)13-9-12(20-4)6-5-11(13)3/h5-6,9-10H,7-8H2,1-4H3,(H,16,18)(H,17,19). The van der Waals surface area contributed by atoms with Crippen molar-refractivity contribution in [2.75, 3.05) is 19.3 Å². The Hall–Kier alpha value is -1.49. The summed E-state index contributed by atoms with van der Waals surface area (Å²) in [6, 6.07) is 5.84. The third kappa shape index (κ3) is 4.89. The summed E-state index contributed by atoms with van der Waals surface area (Å²) in [7, 11) is 0. The number of benzene rings is 1. The number of aryl methyl sites for hydroxylation is 1. The van der Waals surface area contributed by atoms with Crippen LogP contribution in [0.3, 0.4) is 0 Å². The Morgan fingerprint density at radius 1 is 1.20 bits per heavy atom. The maximum Gasteiger partial charge on any atom is 0.251 e. The SMILES string of the molecule is CSc1ccc(C)c(C(=O)NCCNC(=O)C(C)C)c1. The highest BCUT2D eigenvalue weighted by atomic mass is 32.2. The second-order valence-electron chi connectivity index (χ2n) is 4.88. The highest BCUT2D eigenvalue weighted by Crippen LogP contribution is 2.18. The molecule has 0 saturated carbocycles. The molecule has 4 nitrogen and oxygen atoms in total. The molecule has 0 spiro atoms. The smallest absolute Gasteiger partial charge is 0.251 e. The molecule has 0 aliphatic heterocycles. The van der Waals surface area contributed by atoms with Crippen LogP contribution in [0.1, 0.15) is 29.8 Å². The molecular weight excluding hydrogens is 272 g/mol. The molecule has 0 aliphatic rings. The van der Waals surface area contributed by atoms with Gasteiger partial charge in [-0.3, -0.25) is 9.59 Å². The fraction of sp³-hybridized carbons (Fsp3) is 0.467. The molecule has 110 valence electrons. The molecule has 2 N–H and O–H groups in total. The summed E-state index contributed by atoms with van der Waals surface area (Å²) in [4.78, 5) is 24.5. The van der Waals surface area contributed by atoms with Gasteiger partial charge in [0.25, 0.3) is 5.91 Å². The molecule has 0 saturated heterocycles. The lowest BCUT2D eigenvalue weighted by Crippen LogP contribution is -2.36. The molecule has 0 atom stereocenters. The minimum absolute atomic E-state index is 0.000176. The highest BCUT2D eigenvalue weighted by Gasteiger charge is 2.10. The summed E-state index contributed by atoms with van der Waals surface area (Å²) in [6.07, 6.45) is 1.98. The van der Waals surface area contributed by atoms with E-state index in [1.54, 1.807) is 11.8 Å². The van der Waals surface area contributed by atoms with Crippen LogP contribution in [0.25, 0.3) is 0 Å². The zero-order valence-corrected chi connectivity index (χ0v) is 13.3. The summed E-state index contributed by atoms with van der Waals surface area (Å²) in [5.74, 6) is -0.136. The summed E-state index contributed by atoms with van der Waals surface area (Å²) < 4.78 is 0. The van der Waals surface area contributed by atoms with Gasteiger partial charge >= 0.3 is 0 Å². The lowest BCUT2D eigenvalue weighted by Gasteiger charge is -2.10. The van der Waals surface area contributed by atoms with E-state index in [1.807, 2.05) is 45.2 Å². The van der Waals surface area contributed by atoms with Crippen LogP contribution in [-0.4, -0.2) is 31.2 Å². The van der Waals surface area contributed by atoms with Gasteiger partial charge in [0, 0.05) is 29.5 Å². The van der Waals surface area contributed by atoms with Crippen LogP contribution in [0.15, 0.2) is 23.1 Å². The molecule has 2 amide bonds. The van der Waals surface area contributed by atoms with Gasteiger partial charge in [-0.15, -0.1) is 11.8 Å². The molecular formula is C15H22N2O2S.